The summed E-state index contributed by atoms with van der Waals surface area (Å²) in [6, 6.07) is 5.95. The molecule has 1 fully saturated rings. The van der Waals surface area contributed by atoms with Crippen LogP contribution in [0.15, 0.2) is 30.7 Å². The number of hydrogen-bond acceptors (Lipinski definition) is 2. The predicted molar refractivity (Wildman–Crippen MR) is 88.4 cm³/mol. The van der Waals surface area contributed by atoms with Crippen molar-refractivity contribution in [1.29, 1.82) is 0 Å². The average molecular weight is 335 g/mol. The highest BCUT2D eigenvalue weighted by atomic mass is 35.5. The fraction of sp³-hybridized carbons (Fsp3) is 0.500. The molecule has 2 aliphatic rings. The molecule has 0 amide bonds. The van der Waals surface area contributed by atoms with Crippen molar-refractivity contribution < 1.29 is 9.50 Å². The minimum absolute atomic E-state index is 0.0516. The van der Waals surface area contributed by atoms with E-state index in [1.807, 2.05) is 24.7 Å². The van der Waals surface area contributed by atoms with Gasteiger partial charge in [-0.2, -0.15) is 0 Å². The van der Waals surface area contributed by atoms with Gasteiger partial charge in [-0.1, -0.05) is 23.7 Å². The zero-order valence-electron chi connectivity index (χ0n) is 12.9. The highest BCUT2D eigenvalue weighted by Crippen LogP contribution is 2.46. The van der Waals surface area contributed by atoms with Crippen LogP contribution in [0.25, 0.3) is 11.3 Å². The number of aromatic nitrogens is 2. The number of aliphatic hydroxyl groups is 1. The van der Waals surface area contributed by atoms with Crippen LogP contribution < -0.4 is 0 Å². The molecule has 0 bridgehead atoms. The van der Waals surface area contributed by atoms with Gasteiger partial charge in [-0.25, -0.2) is 9.37 Å². The molecule has 1 saturated carbocycles. The topological polar surface area (TPSA) is 38.1 Å². The summed E-state index contributed by atoms with van der Waals surface area (Å²) in [6.45, 7) is 0. The van der Waals surface area contributed by atoms with Gasteiger partial charge >= 0.3 is 0 Å². The zero-order chi connectivity index (χ0) is 16.0. The summed E-state index contributed by atoms with van der Waals surface area (Å²) in [5.74, 6) is 0. The summed E-state index contributed by atoms with van der Waals surface area (Å²) in [5, 5.41) is 10.3. The van der Waals surface area contributed by atoms with E-state index in [0.29, 0.717) is 38.5 Å². The molecule has 0 radical (unpaired) electrons. The normalized spacial score (nSPS) is 29.3. The minimum Gasteiger partial charge on any atom is -0.393 e. The molecule has 0 saturated heterocycles. The molecular weight excluding hydrogens is 315 g/mol. The lowest BCUT2D eigenvalue weighted by Crippen LogP contribution is -2.32. The van der Waals surface area contributed by atoms with Crippen LogP contribution in [0.2, 0.25) is 5.02 Å². The van der Waals surface area contributed by atoms with Gasteiger partial charge in [0, 0.05) is 16.1 Å². The Labute approximate surface area is 140 Å². The van der Waals surface area contributed by atoms with Crippen LogP contribution in [0.1, 0.15) is 50.1 Å². The Morgan fingerprint density at radius 2 is 2.13 bits per heavy atom. The lowest BCUT2D eigenvalue weighted by atomic mass is 9.80. The second-order valence-corrected chi connectivity index (χ2v) is 7.23. The van der Waals surface area contributed by atoms with Crippen molar-refractivity contribution >= 4 is 11.6 Å². The molecule has 1 aromatic carbocycles. The maximum Gasteiger partial charge on any atom is 0.111 e. The van der Waals surface area contributed by atoms with E-state index in [1.165, 1.54) is 0 Å². The highest BCUT2D eigenvalue weighted by molar-refractivity contribution is 6.32. The Balaban J connectivity index is 1.58. The number of alkyl halides is 1. The molecule has 4 rings (SSSR count). The van der Waals surface area contributed by atoms with Crippen LogP contribution in [-0.2, 0) is 0 Å². The van der Waals surface area contributed by atoms with Crippen molar-refractivity contribution in [3.05, 3.63) is 41.3 Å². The molecule has 5 heteroatoms. The van der Waals surface area contributed by atoms with Crippen LogP contribution in [-0.4, -0.2) is 26.4 Å². The van der Waals surface area contributed by atoms with E-state index in [9.17, 15) is 5.11 Å². The Hall–Kier alpha value is -1.39. The molecule has 0 spiro atoms. The van der Waals surface area contributed by atoms with E-state index in [1.54, 1.807) is 0 Å². The molecule has 1 aliphatic heterocycles. The van der Waals surface area contributed by atoms with Crippen LogP contribution in [0.3, 0.4) is 0 Å². The van der Waals surface area contributed by atoms with Gasteiger partial charge in [-0.15, -0.1) is 0 Å². The van der Waals surface area contributed by atoms with Gasteiger partial charge in [-0.3, -0.25) is 0 Å². The largest absolute Gasteiger partial charge is 0.393 e. The third kappa shape index (κ3) is 2.58. The SMILES string of the molecule is OC1CCC(F)(CCC2c3c(Cl)cccc3-c3cncn32)CC1. The van der Waals surface area contributed by atoms with Gasteiger partial charge < -0.3 is 9.67 Å². The molecule has 23 heavy (non-hydrogen) atoms. The number of hydrogen-bond donors (Lipinski definition) is 1. The molecule has 3 nitrogen and oxygen atoms in total. The third-order valence-electron chi connectivity index (χ3n) is 5.38. The van der Waals surface area contributed by atoms with Gasteiger partial charge in [-0.05, 0) is 44.6 Å². The van der Waals surface area contributed by atoms with Crippen molar-refractivity contribution in [2.75, 3.05) is 0 Å². The molecule has 122 valence electrons. The standard InChI is InChI=1S/C18H20ClFN2O/c19-14-3-1-2-13-16-10-21-11-22(16)15(17(13)14)6-9-18(20)7-4-12(23)5-8-18/h1-3,10-12,15,23H,4-9H2. The maximum absolute atomic E-state index is 15.0. The summed E-state index contributed by atoms with van der Waals surface area (Å²) in [7, 11) is 0. The second kappa shape index (κ2) is 5.60. The van der Waals surface area contributed by atoms with Crippen molar-refractivity contribution in [1.82, 2.24) is 9.55 Å². The first kappa shape index (κ1) is 15.2. The number of benzene rings is 1. The minimum atomic E-state index is -1.16. The monoisotopic (exact) mass is 334 g/mol. The Bertz CT molecular complexity index is 722. The van der Waals surface area contributed by atoms with E-state index >= 15 is 4.39 Å². The molecule has 1 aromatic heterocycles. The summed E-state index contributed by atoms with van der Waals surface area (Å²) in [4.78, 5) is 4.24. The zero-order valence-corrected chi connectivity index (χ0v) is 13.6. The first-order valence-electron chi connectivity index (χ1n) is 8.25. The van der Waals surface area contributed by atoms with Crippen molar-refractivity contribution in [2.24, 2.45) is 0 Å². The van der Waals surface area contributed by atoms with Crippen LogP contribution in [0.5, 0.6) is 0 Å². The first-order valence-corrected chi connectivity index (χ1v) is 8.63. The third-order valence-corrected chi connectivity index (χ3v) is 5.71. The summed E-state index contributed by atoms with van der Waals surface area (Å²) in [6.07, 6.45) is 6.55. The number of halogens is 2. The Morgan fingerprint density at radius 1 is 1.35 bits per heavy atom. The summed E-state index contributed by atoms with van der Waals surface area (Å²) >= 11 is 6.43. The smallest absolute Gasteiger partial charge is 0.111 e. The quantitative estimate of drug-likeness (QED) is 0.895. The molecule has 1 aliphatic carbocycles. The average Bonchev–Trinajstić information content (AvgIpc) is 3.11. The van der Waals surface area contributed by atoms with E-state index in [2.05, 4.69) is 15.6 Å². The van der Waals surface area contributed by atoms with Crippen LogP contribution in [0.4, 0.5) is 4.39 Å². The maximum atomic E-state index is 15.0. The number of nitrogens with zero attached hydrogens (tertiary/aromatic N) is 2. The van der Waals surface area contributed by atoms with Gasteiger partial charge in [0.05, 0.1) is 30.4 Å². The van der Waals surface area contributed by atoms with Crippen LogP contribution >= 0.6 is 11.6 Å². The van der Waals surface area contributed by atoms with E-state index in [0.717, 1.165) is 21.8 Å². The van der Waals surface area contributed by atoms with Crippen molar-refractivity contribution in [3.8, 4) is 11.3 Å². The highest BCUT2D eigenvalue weighted by Gasteiger charge is 2.37. The van der Waals surface area contributed by atoms with Gasteiger partial charge in [0.15, 0.2) is 0 Å². The molecule has 1 N–H and O–H groups in total. The van der Waals surface area contributed by atoms with Gasteiger partial charge in [0.1, 0.15) is 5.67 Å². The summed E-state index contributed by atoms with van der Waals surface area (Å²) < 4.78 is 17.1. The molecule has 2 aromatic rings. The van der Waals surface area contributed by atoms with Gasteiger partial charge in [0.2, 0.25) is 0 Å². The predicted octanol–water partition coefficient (Wildman–Crippen LogP) is 4.53. The van der Waals surface area contributed by atoms with E-state index < -0.39 is 5.67 Å². The second-order valence-electron chi connectivity index (χ2n) is 6.82. The van der Waals surface area contributed by atoms with Crippen LogP contribution in [0, 0.1) is 0 Å². The summed E-state index contributed by atoms with van der Waals surface area (Å²) in [5.41, 5.74) is 2.08. The van der Waals surface area contributed by atoms with E-state index in [-0.39, 0.29) is 12.1 Å². The lowest BCUT2D eigenvalue weighted by Gasteiger charge is -2.33. The first-order chi connectivity index (χ1) is 11.1. The van der Waals surface area contributed by atoms with Crippen molar-refractivity contribution in [3.63, 3.8) is 0 Å². The fourth-order valence-electron chi connectivity index (χ4n) is 4.05. The molecular formula is C18H20ClFN2O. The lowest BCUT2D eigenvalue weighted by molar-refractivity contribution is 0.0253. The van der Waals surface area contributed by atoms with Gasteiger partial charge in [0.25, 0.3) is 0 Å². The molecule has 1 unspecified atom stereocenters. The van der Waals surface area contributed by atoms with Crippen molar-refractivity contribution in [2.45, 2.75) is 56.3 Å². The molecule has 1 atom stereocenters. The van der Waals surface area contributed by atoms with E-state index in [4.69, 9.17) is 11.6 Å². The molecule has 2 heterocycles. The number of rotatable bonds is 3. The Morgan fingerprint density at radius 3 is 2.91 bits per heavy atom. The number of aliphatic hydroxyl groups excluding tert-OH is 1. The Kier molecular flexibility index (Phi) is 3.69. The number of fused-ring (bicyclic) bond motifs is 3. The fourth-order valence-corrected chi connectivity index (χ4v) is 4.35. The number of imidazole rings is 1.